The topological polar surface area (TPSA) is 63.2 Å². The quantitative estimate of drug-likeness (QED) is 0.798. The van der Waals surface area contributed by atoms with Gasteiger partial charge in [0.05, 0.1) is 10.6 Å². The first-order chi connectivity index (χ1) is 13.9. The molecular formula is C24H27NO3S. The lowest BCUT2D eigenvalue weighted by molar-refractivity contribution is -0.0167. The second-order valence-corrected chi connectivity index (χ2v) is 11.4. The zero-order valence-electron chi connectivity index (χ0n) is 16.5. The van der Waals surface area contributed by atoms with Crippen LogP contribution in [0.5, 0.6) is 0 Å². The molecule has 0 unspecified atom stereocenters. The summed E-state index contributed by atoms with van der Waals surface area (Å²) in [5, 5.41) is 3.37. The first kappa shape index (κ1) is 18.9. The smallest absolute Gasteiger partial charge is 0.251 e. The second kappa shape index (κ2) is 6.98. The van der Waals surface area contributed by atoms with E-state index in [-0.39, 0.29) is 17.2 Å². The van der Waals surface area contributed by atoms with Gasteiger partial charge in [-0.2, -0.15) is 0 Å². The van der Waals surface area contributed by atoms with Crippen LogP contribution in [0.2, 0.25) is 0 Å². The molecule has 1 amide bonds. The number of sulfone groups is 1. The van der Waals surface area contributed by atoms with Crippen LogP contribution in [0.1, 0.15) is 54.4 Å². The van der Waals surface area contributed by atoms with Crippen molar-refractivity contribution >= 4 is 15.7 Å². The Balaban J connectivity index is 1.33. The summed E-state index contributed by atoms with van der Waals surface area (Å²) in [7, 11) is -3.43. The zero-order chi connectivity index (χ0) is 20.1. The monoisotopic (exact) mass is 409 g/mol. The van der Waals surface area contributed by atoms with Crippen LogP contribution in [0.3, 0.4) is 0 Å². The Labute approximate surface area is 172 Å². The van der Waals surface area contributed by atoms with Crippen LogP contribution >= 0.6 is 0 Å². The number of carbonyl (C=O) groups is 1. The van der Waals surface area contributed by atoms with Gasteiger partial charge in [-0.3, -0.25) is 4.79 Å². The van der Waals surface area contributed by atoms with E-state index in [1.54, 1.807) is 54.6 Å². The van der Waals surface area contributed by atoms with E-state index in [4.69, 9.17) is 0 Å². The van der Waals surface area contributed by atoms with Crippen molar-refractivity contribution in [2.45, 2.75) is 54.7 Å². The molecule has 0 aromatic heterocycles. The van der Waals surface area contributed by atoms with Gasteiger partial charge in [0.25, 0.3) is 5.91 Å². The molecule has 6 rings (SSSR count). The van der Waals surface area contributed by atoms with E-state index < -0.39 is 9.84 Å². The number of rotatable bonds is 5. The molecule has 4 aliphatic rings. The van der Waals surface area contributed by atoms with Gasteiger partial charge in [0.15, 0.2) is 9.84 Å². The Hall–Kier alpha value is -2.14. The van der Waals surface area contributed by atoms with Crippen molar-refractivity contribution in [3.63, 3.8) is 0 Å². The lowest BCUT2D eigenvalue weighted by Gasteiger charge is -2.56. The predicted molar refractivity (Wildman–Crippen MR) is 112 cm³/mol. The maximum atomic E-state index is 13.1. The SMILES string of the molecule is O=C(NC12CC3CC(CC(C3)C1)C2)c1cccc(CS(=O)(=O)c2ccccc2)c1. The van der Waals surface area contributed by atoms with Crippen molar-refractivity contribution in [1.82, 2.24) is 5.32 Å². The lowest BCUT2D eigenvalue weighted by atomic mass is 9.53. The number of benzene rings is 2. The summed E-state index contributed by atoms with van der Waals surface area (Å²) in [6.45, 7) is 0. The van der Waals surface area contributed by atoms with Gasteiger partial charge in [-0.15, -0.1) is 0 Å². The molecule has 2 aromatic carbocycles. The highest BCUT2D eigenvalue weighted by atomic mass is 32.2. The molecule has 4 bridgehead atoms. The Morgan fingerprint density at radius 1 is 0.897 bits per heavy atom. The first-order valence-electron chi connectivity index (χ1n) is 10.6. The Bertz CT molecular complexity index is 994. The summed E-state index contributed by atoms with van der Waals surface area (Å²) in [5.41, 5.74) is 1.16. The molecule has 4 aliphatic carbocycles. The normalized spacial score (nSPS) is 30.3. The summed E-state index contributed by atoms with van der Waals surface area (Å²) < 4.78 is 25.4. The molecule has 0 spiro atoms. The predicted octanol–water partition coefficient (Wildman–Crippen LogP) is 4.36. The summed E-state index contributed by atoms with van der Waals surface area (Å²) >= 11 is 0. The van der Waals surface area contributed by atoms with Crippen LogP contribution in [0.25, 0.3) is 0 Å². The maximum absolute atomic E-state index is 13.1. The molecule has 152 valence electrons. The molecule has 0 aliphatic heterocycles. The van der Waals surface area contributed by atoms with Crippen molar-refractivity contribution in [2.75, 3.05) is 0 Å². The van der Waals surface area contributed by atoms with Crippen LogP contribution in [0.4, 0.5) is 0 Å². The van der Waals surface area contributed by atoms with E-state index in [0.29, 0.717) is 16.0 Å². The molecule has 2 aromatic rings. The molecule has 0 radical (unpaired) electrons. The van der Waals surface area contributed by atoms with Crippen molar-refractivity contribution in [1.29, 1.82) is 0 Å². The lowest BCUT2D eigenvalue weighted by Crippen LogP contribution is -2.59. The highest BCUT2D eigenvalue weighted by Gasteiger charge is 2.51. The maximum Gasteiger partial charge on any atom is 0.251 e. The summed E-state index contributed by atoms with van der Waals surface area (Å²) in [5.74, 6) is 2.14. The molecule has 5 heteroatoms. The third-order valence-corrected chi connectivity index (χ3v) is 8.77. The molecule has 0 saturated heterocycles. The van der Waals surface area contributed by atoms with Crippen LogP contribution < -0.4 is 5.32 Å². The van der Waals surface area contributed by atoms with Crippen LogP contribution in [-0.4, -0.2) is 19.9 Å². The van der Waals surface area contributed by atoms with Gasteiger partial charge in [-0.05, 0) is 86.1 Å². The van der Waals surface area contributed by atoms with E-state index in [1.807, 2.05) is 0 Å². The van der Waals surface area contributed by atoms with Crippen molar-refractivity contribution in [3.05, 3.63) is 65.7 Å². The largest absolute Gasteiger partial charge is 0.347 e. The van der Waals surface area contributed by atoms with E-state index in [1.165, 1.54) is 19.3 Å². The minimum absolute atomic E-state index is 0.0437. The second-order valence-electron chi connectivity index (χ2n) is 9.42. The number of amides is 1. The third kappa shape index (κ3) is 3.73. The summed E-state index contributed by atoms with van der Waals surface area (Å²) in [6, 6.07) is 15.5. The van der Waals surface area contributed by atoms with Crippen molar-refractivity contribution in [2.24, 2.45) is 17.8 Å². The van der Waals surface area contributed by atoms with Crippen LogP contribution in [0.15, 0.2) is 59.5 Å². The van der Waals surface area contributed by atoms with Gasteiger partial charge in [-0.1, -0.05) is 30.3 Å². The average Bonchev–Trinajstić information content (AvgIpc) is 2.67. The highest BCUT2D eigenvalue weighted by molar-refractivity contribution is 7.90. The standard InChI is InChI=1S/C24H27NO3S/c26-23(25-24-13-18-9-19(14-24)11-20(10-18)15-24)21-6-4-5-17(12-21)16-29(27,28)22-7-2-1-3-8-22/h1-8,12,18-20H,9-11,13-16H2,(H,25,26). The third-order valence-electron chi connectivity index (χ3n) is 7.07. The number of hydrogen-bond acceptors (Lipinski definition) is 3. The van der Waals surface area contributed by atoms with Crippen LogP contribution in [-0.2, 0) is 15.6 Å². The van der Waals surface area contributed by atoms with Gasteiger partial charge in [-0.25, -0.2) is 8.42 Å². The average molecular weight is 410 g/mol. The first-order valence-corrected chi connectivity index (χ1v) is 12.3. The van der Waals surface area contributed by atoms with Gasteiger partial charge >= 0.3 is 0 Å². The number of hydrogen-bond donors (Lipinski definition) is 1. The minimum Gasteiger partial charge on any atom is -0.347 e. The van der Waals surface area contributed by atoms with E-state index in [2.05, 4.69) is 5.32 Å². The number of carbonyl (C=O) groups excluding carboxylic acids is 1. The zero-order valence-corrected chi connectivity index (χ0v) is 17.3. The van der Waals surface area contributed by atoms with E-state index >= 15 is 0 Å². The van der Waals surface area contributed by atoms with Gasteiger partial charge in [0.2, 0.25) is 0 Å². The molecule has 4 nitrogen and oxygen atoms in total. The Kier molecular flexibility index (Phi) is 4.54. The minimum atomic E-state index is -3.43. The van der Waals surface area contributed by atoms with Gasteiger partial charge in [0.1, 0.15) is 0 Å². The molecule has 4 fully saturated rings. The van der Waals surface area contributed by atoms with Crippen molar-refractivity contribution in [3.8, 4) is 0 Å². The molecule has 4 saturated carbocycles. The van der Waals surface area contributed by atoms with Gasteiger partial charge in [0, 0.05) is 11.1 Å². The fourth-order valence-electron chi connectivity index (χ4n) is 6.31. The Morgan fingerprint density at radius 2 is 1.52 bits per heavy atom. The molecular weight excluding hydrogens is 382 g/mol. The summed E-state index contributed by atoms with van der Waals surface area (Å²) in [4.78, 5) is 13.4. The van der Waals surface area contributed by atoms with Crippen LogP contribution in [0, 0.1) is 17.8 Å². The van der Waals surface area contributed by atoms with Gasteiger partial charge < -0.3 is 5.32 Å². The molecule has 0 heterocycles. The molecule has 0 atom stereocenters. The Morgan fingerprint density at radius 3 is 2.14 bits per heavy atom. The molecule has 1 N–H and O–H groups in total. The fraction of sp³-hybridized carbons (Fsp3) is 0.458. The van der Waals surface area contributed by atoms with E-state index in [9.17, 15) is 13.2 Å². The summed E-state index contributed by atoms with van der Waals surface area (Å²) in [6.07, 6.45) is 7.32. The fourth-order valence-corrected chi connectivity index (χ4v) is 7.67. The van der Waals surface area contributed by atoms with E-state index in [0.717, 1.165) is 37.0 Å². The van der Waals surface area contributed by atoms with Crippen molar-refractivity contribution < 1.29 is 13.2 Å². The number of nitrogens with one attached hydrogen (secondary N) is 1. The molecule has 29 heavy (non-hydrogen) atoms. The highest BCUT2D eigenvalue weighted by Crippen LogP contribution is 2.55.